The zero-order chi connectivity index (χ0) is 14.9. The number of methoxy groups -OCH3 is 1. The Morgan fingerprint density at radius 1 is 1.35 bits per heavy atom. The molecule has 0 saturated heterocycles. The van der Waals surface area contributed by atoms with Crippen LogP contribution in [0.5, 0.6) is 5.75 Å². The van der Waals surface area contributed by atoms with Crippen LogP contribution in [0.2, 0.25) is 0 Å². The minimum atomic E-state index is 0.559. The molecule has 0 fully saturated rings. The monoisotopic (exact) mass is 403 g/mol. The Morgan fingerprint density at radius 2 is 2.05 bits per heavy atom. The van der Waals surface area contributed by atoms with E-state index in [9.17, 15) is 0 Å². The van der Waals surface area contributed by atoms with Gasteiger partial charge in [0.15, 0.2) is 0 Å². The van der Waals surface area contributed by atoms with Gasteiger partial charge < -0.3 is 14.5 Å². The van der Waals surface area contributed by atoms with Gasteiger partial charge in [-0.05, 0) is 57.3 Å². The first-order valence-electron chi connectivity index (χ1n) is 6.60. The van der Waals surface area contributed by atoms with Gasteiger partial charge in [0.05, 0.1) is 22.6 Å². The lowest BCUT2D eigenvalue weighted by Crippen LogP contribution is -2.07. The number of ether oxygens (including phenoxy) is 1. The molecule has 0 amide bonds. The van der Waals surface area contributed by atoms with Gasteiger partial charge in [0.2, 0.25) is 0 Å². The molecule has 0 aliphatic heterocycles. The number of fused-ring (bicyclic) bond motifs is 1. The highest BCUT2D eigenvalue weighted by Gasteiger charge is 2.21. The van der Waals surface area contributed by atoms with E-state index in [1.54, 1.807) is 7.11 Å². The Labute approximate surface area is 136 Å². The Bertz CT molecular complexity index is 620. The second-order valence-electron chi connectivity index (χ2n) is 5.21. The molecule has 0 radical (unpaired) electrons. The summed E-state index contributed by atoms with van der Waals surface area (Å²) in [5.41, 5.74) is 2.12. The summed E-state index contributed by atoms with van der Waals surface area (Å²) in [6, 6.07) is 1.93. The zero-order valence-corrected chi connectivity index (χ0v) is 15.3. The molecule has 0 spiro atoms. The topological polar surface area (TPSA) is 34.4 Å². The Balaban J connectivity index is 2.75. The van der Waals surface area contributed by atoms with Gasteiger partial charge in [0, 0.05) is 10.9 Å². The predicted octanol–water partition coefficient (Wildman–Crippen LogP) is 4.88. The first kappa shape index (κ1) is 15.9. The third kappa shape index (κ3) is 2.90. The highest BCUT2D eigenvalue weighted by Crippen LogP contribution is 2.43. The number of hydrogen-bond acceptors (Lipinski definition) is 3. The first-order chi connectivity index (χ1) is 9.49. The van der Waals surface area contributed by atoms with E-state index < -0.39 is 0 Å². The predicted molar refractivity (Wildman–Crippen MR) is 89.5 cm³/mol. The van der Waals surface area contributed by atoms with Gasteiger partial charge in [0.25, 0.3) is 0 Å². The van der Waals surface area contributed by atoms with Crippen LogP contribution < -0.4 is 10.1 Å². The van der Waals surface area contributed by atoms with E-state index in [4.69, 9.17) is 9.15 Å². The fourth-order valence-corrected chi connectivity index (χ4v) is 3.54. The zero-order valence-electron chi connectivity index (χ0n) is 12.1. The molecule has 0 unspecified atom stereocenters. The van der Waals surface area contributed by atoms with Gasteiger partial charge in [-0.2, -0.15) is 0 Å². The van der Waals surface area contributed by atoms with Crippen molar-refractivity contribution in [2.75, 3.05) is 14.2 Å². The van der Waals surface area contributed by atoms with Crippen molar-refractivity contribution >= 4 is 42.8 Å². The number of rotatable bonds is 5. The molecule has 1 aromatic carbocycles. The molecule has 1 N–H and O–H groups in total. The highest BCUT2D eigenvalue weighted by atomic mass is 79.9. The molecule has 0 saturated carbocycles. The van der Waals surface area contributed by atoms with E-state index in [1.807, 2.05) is 13.1 Å². The largest absolute Gasteiger partial charge is 0.496 e. The van der Waals surface area contributed by atoms with Crippen molar-refractivity contribution < 1.29 is 9.15 Å². The van der Waals surface area contributed by atoms with Crippen molar-refractivity contribution in [3.63, 3.8) is 0 Å². The van der Waals surface area contributed by atoms with Crippen LogP contribution in [-0.4, -0.2) is 14.2 Å². The molecule has 0 aliphatic rings. The molecule has 2 rings (SSSR count). The molecule has 5 heteroatoms. The van der Waals surface area contributed by atoms with Crippen LogP contribution >= 0.6 is 31.9 Å². The van der Waals surface area contributed by atoms with Crippen molar-refractivity contribution in [3.8, 4) is 5.75 Å². The normalized spacial score (nSPS) is 11.6. The number of furan rings is 1. The van der Waals surface area contributed by atoms with E-state index in [1.165, 1.54) is 5.56 Å². The van der Waals surface area contributed by atoms with E-state index in [2.05, 4.69) is 51.0 Å². The molecule has 20 heavy (non-hydrogen) atoms. The molecule has 0 aliphatic carbocycles. The maximum atomic E-state index is 6.06. The third-order valence-electron chi connectivity index (χ3n) is 3.17. The number of nitrogens with one attached hydrogen (secondary N) is 1. The van der Waals surface area contributed by atoms with Crippen molar-refractivity contribution in [2.45, 2.75) is 26.8 Å². The summed E-state index contributed by atoms with van der Waals surface area (Å²) in [7, 11) is 3.60. The average Bonchev–Trinajstić information content (AvgIpc) is 2.73. The lowest BCUT2D eigenvalue weighted by atomic mass is 9.99. The third-order valence-corrected chi connectivity index (χ3v) is 4.55. The summed E-state index contributed by atoms with van der Waals surface area (Å²) in [4.78, 5) is 0. The van der Waals surface area contributed by atoms with Gasteiger partial charge in [-0.15, -0.1) is 0 Å². The van der Waals surface area contributed by atoms with Gasteiger partial charge in [-0.25, -0.2) is 0 Å². The number of hydrogen-bond donors (Lipinski definition) is 1. The molecule has 1 aromatic heterocycles. The smallest absolute Gasteiger partial charge is 0.150 e. The van der Waals surface area contributed by atoms with Crippen molar-refractivity contribution in [1.29, 1.82) is 0 Å². The molecule has 0 atom stereocenters. The summed E-state index contributed by atoms with van der Waals surface area (Å²) in [5, 5.41) is 4.28. The molecule has 110 valence electrons. The molecule has 0 bridgehead atoms. The van der Waals surface area contributed by atoms with Gasteiger partial charge in [-0.3, -0.25) is 0 Å². The standard InChI is InChI=1S/C15H19Br2NO2/c1-8(2)5-9-12(7-18-3)20-15-10(16)6-11(19-4)14(17)13(9)15/h6,8,18H,5,7H2,1-4H3. The molecular weight excluding hydrogens is 386 g/mol. The van der Waals surface area contributed by atoms with Gasteiger partial charge >= 0.3 is 0 Å². The van der Waals surface area contributed by atoms with E-state index in [0.717, 1.165) is 44.4 Å². The fraction of sp³-hybridized carbons (Fsp3) is 0.467. The number of benzene rings is 1. The lowest BCUT2D eigenvalue weighted by Gasteiger charge is -2.09. The fourth-order valence-electron chi connectivity index (χ4n) is 2.36. The average molecular weight is 405 g/mol. The van der Waals surface area contributed by atoms with Crippen molar-refractivity contribution in [2.24, 2.45) is 5.92 Å². The van der Waals surface area contributed by atoms with Gasteiger partial charge in [0.1, 0.15) is 17.1 Å². The second-order valence-corrected chi connectivity index (χ2v) is 6.86. The van der Waals surface area contributed by atoms with Crippen molar-refractivity contribution in [3.05, 3.63) is 26.3 Å². The van der Waals surface area contributed by atoms with Crippen LogP contribution in [0.1, 0.15) is 25.2 Å². The summed E-state index contributed by atoms with van der Waals surface area (Å²) >= 11 is 7.23. The van der Waals surface area contributed by atoms with Crippen LogP contribution in [0, 0.1) is 5.92 Å². The molecule has 1 heterocycles. The Morgan fingerprint density at radius 3 is 2.60 bits per heavy atom. The van der Waals surface area contributed by atoms with Crippen LogP contribution in [-0.2, 0) is 13.0 Å². The Hall–Kier alpha value is -0.520. The summed E-state index contributed by atoms with van der Waals surface area (Å²) in [6.45, 7) is 5.15. The van der Waals surface area contributed by atoms with Crippen LogP contribution in [0.4, 0.5) is 0 Å². The summed E-state index contributed by atoms with van der Waals surface area (Å²) in [6.07, 6.45) is 0.974. The maximum absolute atomic E-state index is 6.06. The van der Waals surface area contributed by atoms with Crippen molar-refractivity contribution in [1.82, 2.24) is 5.32 Å². The summed E-state index contributed by atoms with van der Waals surface area (Å²) < 4.78 is 13.4. The van der Waals surface area contributed by atoms with Gasteiger partial charge in [-0.1, -0.05) is 13.8 Å². The lowest BCUT2D eigenvalue weighted by molar-refractivity contribution is 0.412. The Kier molecular flexibility index (Phi) is 5.15. The SMILES string of the molecule is CNCc1oc2c(Br)cc(OC)c(Br)c2c1CC(C)C. The quantitative estimate of drug-likeness (QED) is 0.770. The molecule has 2 aromatic rings. The van der Waals surface area contributed by atoms with E-state index in [0.29, 0.717) is 5.92 Å². The van der Waals surface area contributed by atoms with Crippen LogP contribution in [0.15, 0.2) is 19.4 Å². The minimum absolute atomic E-state index is 0.559. The molecule has 3 nitrogen and oxygen atoms in total. The van der Waals surface area contributed by atoms with E-state index >= 15 is 0 Å². The molecular formula is C15H19Br2NO2. The number of halogens is 2. The minimum Gasteiger partial charge on any atom is -0.496 e. The van der Waals surface area contributed by atoms with Crippen LogP contribution in [0.3, 0.4) is 0 Å². The highest BCUT2D eigenvalue weighted by molar-refractivity contribution is 9.11. The summed E-state index contributed by atoms with van der Waals surface area (Å²) in [5.74, 6) is 2.36. The maximum Gasteiger partial charge on any atom is 0.150 e. The van der Waals surface area contributed by atoms with Crippen LogP contribution in [0.25, 0.3) is 11.0 Å². The van der Waals surface area contributed by atoms with E-state index in [-0.39, 0.29) is 0 Å². The second kappa shape index (κ2) is 6.50. The first-order valence-corrected chi connectivity index (χ1v) is 8.19.